The van der Waals surface area contributed by atoms with Crippen LogP contribution < -0.4 is 5.32 Å². The van der Waals surface area contributed by atoms with E-state index in [1.165, 1.54) is 16.2 Å². The van der Waals surface area contributed by atoms with Gasteiger partial charge in [-0.2, -0.15) is 11.3 Å². The number of rotatable bonds is 2. The Morgan fingerprint density at radius 1 is 1.56 bits per heavy atom. The zero-order valence-electron chi connectivity index (χ0n) is 8.55. The number of carbonyl (C=O) groups is 2. The Kier molecular flexibility index (Phi) is 3.21. The van der Waals surface area contributed by atoms with Gasteiger partial charge in [0.25, 0.3) is 5.91 Å². The minimum absolute atomic E-state index is 0.199. The Morgan fingerprint density at radius 3 is 3.00 bits per heavy atom. The minimum Gasteiger partial charge on any atom is -0.480 e. The third-order valence-corrected chi connectivity index (χ3v) is 3.24. The van der Waals surface area contributed by atoms with Gasteiger partial charge in [0.2, 0.25) is 0 Å². The molecule has 2 N–H and O–H groups in total. The first-order chi connectivity index (χ1) is 7.70. The summed E-state index contributed by atoms with van der Waals surface area (Å²) in [4.78, 5) is 24.4. The number of amides is 1. The van der Waals surface area contributed by atoms with E-state index in [-0.39, 0.29) is 5.91 Å². The number of carboxylic acids is 1. The van der Waals surface area contributed by atoms with Gasteiger partial charge in [-0.05, 0) is 11.4 Å². The number of carbonyl (C=O) groups excluding carboxylic acids is 1. The van der Waals surface area contributed by atoms with Crippen LogP contribution in [0.4, 0.5) is 0 Å². The molecule has 0 spiro atoms. The predicted molar refractivity (Wildman–Crippen MR) is 59.6 cm³/mol. The van der Waals surface area contributed by atoms with Crippen molar-refractivity contribution in [2.45, 2.75) is 6.04 Å². The summed E-state index contributed by atoms with van der Waals surface area (Å²) < 4.78 is 0. The highest BCUT2D eigenvalue weighted by Crippen LogP contribution is 2.13. The maximum atomic E-state index is 12.0. The quantitative estimate of drug-likeness (QED) is 0.777. The average Bonchev–Trinajstić information content (AvgIpc) is 2.81. The first-order valence-corrected chi connectivity index (χ1v) is 5.91. The molecule has 1 atom stereocenters. The molecule has 0 unspecified atom stereocenters. The summed E-state index contributed by atoms with van der Waals surface area (Å²) in [5, 5.41) is 15.5. The van der Waals surface area contributed by atoms with Crippen molar-refractivity contribution in [1.29, 1.82) is 0 Å². The molecular weight excluding hydrogens is 228 g/mol. The van der Waals surface area contributed by atoms with Crippen LogP contribution in [0.3, 0.4) is 0 Å². The number of piperazine rings is 1. The van der Waals surface area contributed by atoms with Crippen LogP contribution >= 0.6 is 11.3 Å². The van der Waals surface area contributed by atoms with E-state index < -0.39 is 12.0 Å². The molecule has 86 valence electrons. The van der Waals surface area contributed by atoms with Crippen LogP contribution in [0, 0.1) is 0 Å². The molecular formula is C10H12N2O3S. The Morgan fingerprint density at radius 2 is 2.38 bits per heavy atom. The van der Waals surface area contributed by atoms with E-state index in [2.05, 4.69) is 5.32 Å². The third-order valence-electron chi connectivity index (χ3n) is 2.56. The summed E-state index contributed by atoms with van der Waals surface area (Å²) in [6, 6.07) is 0.953. The molecule has 1 aliphatic rings. The van der Waals surface area contributed by atoms with E-state index in [1.54, 1.807) is 11.4 Å². The second-order valence-corrected chi connectivity index (χ2v) is 4.35. The largest absolute Gasteiger partial charge is 0.480 e. The molecule has 0 radical (unpaired) electrons. The number of carboxylic acid groups (broad SMARTS) is 1. The monoisotopic (exact) mass is 240 g/mol. The van der Waals surface area contributed by atoms with Gasteiger partial charge in [-0.1, -0.05) is 0 Å². The lowest BCUT2D eigenvalue weighted by atomic mass is 10.1. The Balaban J connectivity index is 2.17. The second kappa shape index (κ2) is 4.63. The third kappa shape index (κ3) is 2.07. The maximum Gasteiger partial charge on any atom is 0.327 e. The number of aliphatic carboxylic acids is 1. The van der Waals surface area contributed by atoms with Gasteiger partial charge in [0, 0.05) is 25.0 Å². The van der Waals surface area contributed by atoms with Gasteiger partial charge in [-0.25, -0.2) is 4.79 Å². The molecule has 2 heterocycles. The standard InChI is InChI=1S/C10H12N2O3S/c13-9(7-1-4-16-6-7)12-3-2-11-5-8(12)10(14)15/h1,4,6,8,11H,2-3,5H2,(H,14,15)/t8-/m0/s1. The molecule has 1 fully saturated rings. The minimum atomic E-state index is -0.962. The lowest BCUT2D eigenvalue weighted by molar-refractivity contribution is -0.142. The Hall–Kier alpha value is -1.40. The van der Waals surface area contributed by atoms with Crippen LogP contribution in [0.1, 0.15) is 10.4 Å². The van der Waals surface area contributed by atoms with Crippen LogP contribution in [-0.4, -0.2) is 47.6 Å². The normalized spacial score (nSPS) is 20.8. The van der Waals surface area contributed by atoms with E-state index in [0.717, 1.165) is 0 Å². The molecule has 1 amide bonds. The van der Waals surface area contributed by atoms with Crippen molar-refractivity contribution in [3.8, 4) is 0 Å². The summed E-state index contributed by atoms with van der Waals surface area (Å²) in [6.07, 6.45) is 0. The molecule has 0 aromatic carbocycles. The highest BCUT2D eigenvalue weighted by atomic mass is 32.1. The van der Waals surface area contributed by atoms with E-state index >= 15 is 0 Å². The van der Waals surface area contributed by atoms with Gasteiger partial charge in [0.05, 0.1) is 5.56 Å². The van der Waals surface area contributed by atoms with Crippen LogP contribution in [0.15, 0.2) is 16.8 Å². The fourth-order valence-electron chi connectivity index (χ4n) is 1.72. The zero-order valence-corrected chi connectivity index (χ0v) is 9.37. The lowest BCUT2D eigenvalue weighted by Crippen LogP contribution is -2.56. The topological polar surface area (TPSA) is 69.6 Å². The molecule has 1 aliphatic heterocycles. The molecule has 5 nitrogen and oxygen atoms in total. The average molecular weight is 240 g/mol. The Bertz CT molecular complexity index is 391. The number of hydrogen-bond donors (Lipinski definition) is 2. The number of nitrogens with one attached hydrogen (secondary N) is 1. The maximum absolute atomic E-state index is 12.0. The molecule has 0 aliphatic carbocycles. The molecule has 1 aromatic heterocycles. The van der Waals surface area contributed by atoms with E-state index in [9.17, 15) is 9.59 Å². The van der Waals surface area contributed by atoms with Crippen LogP contribution in [-0.2, 0) is 4.79 Å². The van der Waals surface area contributed by atoms with Crippen molar-refractivity contribution in [3.63, 3.8) is 0 Å². The smallest absolute Gasteiger partial charge is 0.327 e. The van der Waals surface area contributed by atoms with Crippen LogP contribution in [0.2, 0.25) is 0 Å². The van der Waals surface area contributed by atoms with Crippen molar-refractivity contribution < 1.29 is 14.7 Å². The molecule has 1 aromatic rings. The van der Waals surface area contributed by atoms with Crippen molar-refractivity contribution in [2.75, 3.05) is 19.6 Å². The highest BCUT2D eigenvalue weighted by Gasteiger charge is 2.32. The SMILES string of the molecule is O=C(O)[C@@H]1CNCCN1C(=O)c1ccsc1. The van der Waals surface area contributed by atoms with Crippen LogP contribution in [0.25, 0.3) is 0 Å². The molecule has 0 saturated carbocycles. The number of hydrogen-bond acceptors (Lipinski definition) is 4. The van der Waals surface area contributed by atoms with Crippen molar-refractivity contribution in [3.05, 3.63) is 22.4 Å². The summed E-state index contributed by atoms with van der Waals surface area (Å²) >= 11 is 1.43. The molecule has 1 saturated heterocycles. The van der Waals surface area contributed by atoms with Gasteiger partial charge >= 0.3 is 5.97 Å². The first-order valence-electron chi connectivity index (χ1n) is 4.97. The second-order valence-electron chi connectivity index (χ2n) is 3.57. The van der Waals surface area contributed by atoms with Crippen molar-refractivity contribution in [1.82, 2.24) is 10.2 Å². The molecule has 2 rings (SSSR count). The Labute approximate surface area is 96.7 Å². The van der Waals surface area contributed by atoms with Gasteiger partial charge in [0.15, 0.2) is 0 Å². The number of nitrogens with zero attached hydrogens (tertiary/aromatic N) is 1. The lowest BCUT2D eigenvalue weighted by Gasteiger charge is -2.33. The van der Waals surface area contributed by atoms with Crippen molar-refractivity contribution >= 4 is 23.2 Å². The molecule has 16 heavy (non-hydrogen) atoms. The van der Waals surface area contributed by atoms with E-state index in [1.807, 2.05) is 5.38 Å². The fourth-order valence-corrected chi connectivity index (χ4v) is 2.35. The van der Waals surface area contributed by atoms with Gasteiger partial charge in [0.1, 0.15) is 6.04 Å². The van der Waals surface area contributed by atoms with Gasteiger partial charge in [-0.3, -0.25) is 4.79 Å². The molecule has 6 heteroatoms. The van der Waals surface area contributed by atoms with Crippen LogP contribution in [0.5, 0.6) is 0 Å². The van der Waals surface area contributed by atoms with E-state index in [0.29, 0.717) is 25.2 Å². The first kappa shape index (κ1) is 11.1. The number of thiophene rings is 1. The zero-order chi connectivity index (χ0) is 11.5. The van der Waals surface area contributed by atoms with Gasteiger partial charge in [-0.15, -0.1) is 0 Å². The highest BCUT2D eigenvalue weighted by molar-refractivity contribution is 7.08. The summed E-state index contributed by atoms with van der Waals surface area (Å²) in [6.45, 7) is 1.39. The fraction of sp³-hybridized carbons (Fsp3) is 0.400. The molecule has 0 bridgehead atoms. The van der Waals surface area contributed by atoms with Gasteiger partial charge < -0.3 is 15.3 Å². The summed E-state index contributed by atoms with van der Waals surface area (Å²) in [7, 11) is 0. The van der Waals surface area contributed by atoms with E-state index in [4.69, 9.17) is 5.11 Å². The summed E-state index contributed by atoms with van der Waals surface area (Å²) in [5.41, 5.74) is 0.568. The summed E-state index contributed by atoms with van der Waals surface area (Å²) in [5.74, 6) is -1.16. The predicted octanol–water partition coefficient (Wildman–Crippen LogP) is 0.247. The van der Waals surface area contributed by atoms with Crippen molar-refractivity contribution in [2.24, 2.45) is 0 Å².